The van der Waals surface area contributed by atoms with E-state index in [0.29, 0.717) is 17.4 Å². The quantitative estimate of drug-likeness (QED) is 0.839. The topological polar surface area (TPSA) is 38.8 Å². The lowest BCUT2D eigenvalue weighted by Gasteiger charge is -2.27. The van der Waals surface area contributed by atoms with Gasteiger partial charge in [0.15, 0.2) is 11.5 Å². The zero-order valence-electron chi connectivity index (χ0n) is 11.2. The molecule has 0 atom stereocenters. The standard InChI is InChI=1S/C15H19NO3/c1-2-16(12-5-3-4-6-12)15(17)11-7-8-13-14(9-11)19-10-18-13/h7-9,12H,2-6,10H2,1H3. The highest BCUT2D eigenvalue weighted by atomic mass is 16.7. The Hall–Kier alpha value is -1.71. The Morgan fingerprint density at radius 1 is 1.26 bits per heavy atom. The molecule has 1 aromatic carbocycles. The van der Waals surface area contributed by atoms with Gasteiger partial charge in [-0.05, 0) is 38.0 Å². The fourth-order valence-corrected chi connectivity index (χ4v) is 2.98. The Kier molecular flexibility index (Phi) is 3.32. The summed E-state index contributed by atoms with van der Waals surface area (Å²) >= 11 is 0. The molecule has 4 heteroatoms. The van der Waals surface area contributed by atoms with Crippen molar-refractivity contribution >= 4 is 5.91 Å². The molecule has 1 aromatic rings. The molecule has 102 valence electrons. The highest BCUT2D eigenvalue weighted by Crippen LogP contribution is 2.33. The van der Waals surface area contributed by atoms with Crippen LogP contribution >= 0.6 is 0 Å². The minimum absolute atomic E-state index is 0.104. The Bertz CT molecular complexity index is 480. The van der Waals surface area contributed by atoms with Crippen molar-refractivity contribution in [1.29, 1.82) is 0 Å². The average molecular weight is 261 g/mol. The maximum Gasteiger partial charge on any atom is 0.254 e. The zero-order chi connectivity index (χ0) is 13.2. The van der Waals surface area contributed by atoms with Crippen molar-refractivity contribution in [2.45, 2.75) is 38.6 Å². The van der Waals surface area contributed by atoms with Crippen molar-refractivity contribution in [3.8, 4) is 11.5 Å². The van der Waals surface area contributed by atoms with Crippen LogP contribution in [-0.4, -0.2) is 30.2 Å². The number of hydrogen-bond donors (Lipinski definition) is 0. The summed E-state index contributed by atoms with van der Waals surface area (Å²) < 4.78 is 10.6. The molecule has 1 fully saturated rings. The van der Waals surface area contributed by atoms with Gasteiger partial charge >= 0.3 is 0 Å². The van der Waals surface area contributed by atoms with Gasteiger partial charge in [-0.2, -0.15) is 0 Å². The van der Waals surface area contributed by atoms with Gasteiger partial charge in [0.2, 0.25) is 6.79 Å². The van der Waals surface area contributed by atoms with Crippen molar-refractivity contribution in [2.75, 3.05) is 13.3 Å². The molecule has 1 heterocycles. The fourth-order valence-electron chi connectivity index (χ4n) is 2.98. The van der Waals surface area contributed by atoms with Gasteiger partial charge < -0.3 is 14.4 Å². The number of rotatable bonds is 3. The molecule has 0 saturated heterocycles. The first-order chi connectivity index (χ1) is 9.29. The third-order valence-electron chi connectivity index (χ3n) is 3.99. The van der Waals surface area contributed by atoms with Gasteiger partial charge in [0.25, 0.3) is 5.91 Å². The summed E-state index contributed by atoms with van der Waals surface area (Å²) in [7, 11) is 0. The first-order valence-corrected chi connectivity index (χ1v) is 7.00. The van der Waals surface area contributed by atoms with Crippen LogP contribution in [0.1, 0.15) is 43.0 Å². The number of ether oxygens (including phenoxy) is 2. The van der Waals surface area contributed by atoms with Crippen molar-refractivity contribution in [2.24, 2.45) is 0 Å². The summed E-state index contributed by atoms with van der Waals surface area (Å²) in [5.74, 6) is 1.50. The lowest BCUT2D eigenvalue weighted by Crippen LogP contribution is -2.38. The van der Waals surface area contributed by atoms with Gasteiger partial charge in [-0.1, -0.05) is 12.8 Å². The van der Waals surface area contributed by atoms with Crippen molar-refractivity contribution in [1.82, 2.24) is 4.90 Å². The van der Waals surface area contributed by atoms with Crippen LogP contribution in [0.15, 0.2) is 18.2 Å². The summed E-state index contributed by atoms with van der Waals surface area (Å²) in [6, 6.07) is 5.84. The second kappa shape index (κ2) is 5.11. The molecule has 1 aliphatic heterocycles. The van der Waals surface area contributed by atoms with E-state index < -0.39 is 0 Å². The summed E-state index contributed by atoms with van der Waals surface area (Å²) in [5, 5.41) is 0. The first kappa shape index (κ1) is 12.3. The second-order valence-corrected chi connectivity index (χ2v) is 5.10. The largest absolute Gasteiger partial charge is 0.454 e. The smallest absolute Gasteiger partial charge is 0.254 e. The van der Waals surface area contributed by atoms with E-state index in [1.807, 2.05) is 24.0 Å². The molecule has 0 bridgehead atoms. The number of fused-ring (bicyclic) bond motifs is 1. The van der Waals surface area contributed by atoms with E-state index in [4.69, 9.17) is 9.47 Å². The van der Waals surface area contributed by atoms with Gasteiger partial charge in [0.05, 0.1) is 0 Å². The Morgan fingerprint density at radius 2 is 2.00 bits per heavy atom. The Labute approximate surface area is 113 Å². The lowest BCUT2D eigenvalue weighted by molar-refractivity contribution is 0.0693. The molecule has 0 spiro atoms. The second-order valence-electron chi connectivity index (χ2n) is 5.10. The molecular formula is C15H19NO3. The molecule has 0 unspecified atom stereocenters. The average Bonchev–Trinajstić information content (AvgIpc) is 3.09. The Morgan fingerprint density at radius 3 is 2.74 bits per heavy atom. The maximum atomic E-state index is 12.6. The minimum Gasteiger partial charge on any atom is -0.454 e. The van der Waals surface area contributed by atoms with E-state index >= 15 is 0 Å². The van der Waals surface area contributed by atoms with Gasteiger partial charge in [-0.15, -0.1) is 0 Å². The normalized spacial score (nSPS) is 17.7. The molecule has 0 aromatic heterocycles. The minimum atomic E-state index is 0.104. The van der Waals surface area contributed by atoms with Gasteiger partial charge in [-0.3, -0.25) is 4.79 Å². The number of nitrogens with zero attached hydrogens (tertiary/aromatic N) is 1. The van der Waals surface area contributed by atoms with Crippen molar-refractivity contribution < 1.29 is 14.3 Å². The molecular weight excluding hydrogens is 242 g/mol. The van der Waals surface area contributed by atoms with Crippen LogP contribution in [0.4, 0.5) is 0 Å². The van der Waals surface area contributed by atoms with Gasteiger partial charge in [-0.25, -0.2) is 0 Å². The van der Waals surface area contributed by atoms with Crippen LogP contribution in [0.2, 0.25) is 0 Å². The number of carbonyl (C=O) groups is 1. The third-order valence-corrected chi connectivity index (χ3v) is 3.99. The summed E-state index contributed by atoms with van der Waals surface area (Å²) in [6.45, 7) is 3.05. The molecule has 19 heavy (non-hydrogen) atoms. The summed E-state index contributed by atoms with van der Waals surface area (Å²) in [5.41, 5.74) is 0.693. The van der Waals surface area contributed by atoms with Crippen LogP contribution in [0.3, 0.4) is 0 Å². The van der Waals surface area contributed by atoms with Crippen LogP contribution in [0, 0.1) is 0 Å². The number of carbonyl (C=O) groups excluding carboxylic acids is 1. The number of hydrogen-bond acceptors (Lipinski definition) is 3. The van der Waals surface area contributed by atoms with Crippen LogP contribution in [0.25, 0.3) is 0 Å². The van der Waals surface area contributed by atoms with Crippen LogP contribution in [0.5, 0.6) is 11.5 Å². The van der Waals surface area contributed by atoms with Crippen molar-refractivity contribution in [3.05, 3.63) is 23.8 Å². The summed E-state index contributed by atoms with van der Waals surface area (Å²) in [4.78, 5) is 14.6. The van der Waals surface area contributed by atoms with E-state index in [1.165, 1.54) is 12.8 Å². The monoisotopic (exact) mass is 261 g/mol. The molecule has 4 nitrogen and oxygen atoms in total. The predicted molar refractivity (Wildman–Crippen MR) is 71.5 cm³/mol. The van der Waals surface area contributed by atoms with Crippen LogP contribution < -0.4 is 9.47 Å². The number of amides is 1. The fraction of sp³-hybridized carbons (Fsp3) is 0.533. The maximum absolute atomic E-state index is 12.6. The molecule has 0 N–H and O–H groups in total. The highest BCUT2D eigenvalue weighted by Gasteiger charge is 2.27. The molecule has 3 rings (SSSR count). The van der Waals surface area contributed by atoms with E-state index in [-0.39, 0.29) is 12.7 Å². The number of benzene rings is 1. The molecule has 1 saturated carbocycles. The lowest BCUT2D eigenvalue weighted by atomic mass is 10.1. The van der Waals surface area contributed by atoms with E-state index in [2.05, 4.69) is 0 Å². The molecule has 0 radical (unpaired) electrons. The molecule has 1 aliphatic carbocycles. The Balaban J connectivity index is 1.81. The molecule has 1 amide bonds. The first-order valence-electron chi connectivity index (χ1n) is 7.00. The SMILES string of the molecule is CCN(C(=O)c1ccc2c(c1)OCO2)C1CCCC1. The molecule has 2 aliphatic rings. The van der Waals surface area contributed by atoms with Gasteiger partial charge in [0.1, 0.15) is 0 Å². The van der Waals surface area contributed by atoms with E-state index in [0.717, 1.165) is 25.1 Å². The third kappa shape index (κ3) is 2.27. The van der Waals surface area contributed by atoms with E-state index in [9.17, 15) is 4.79 Å². The van der Waals surface area contributed by atoms with E-state index in [1.54, 1.807) is 6.07 Å². The van der Waals surface area contributed by atoms with Crippen LogP contribution in [-0.2, 0) is 0 Å². The zero-order valence-corrected chi connectivity index (χ0v) is 11.2. The van der Waals surface area contributed by atoms with Crippen molar-refractivity contribution in [3.63, 3.8) is 0 Å². The van der Waals surface area contributed by atoms with Gasteiger partial charge in [0, 0.05) is 18.2 Å². The highest BCUT2D eigenvalue weighted by molar-refractivity contribution is 5.95. The summed E-state index contributed by atoms with van der Waals surface area (Å²) in [6.07, 6.45) is 4.72. The predicted octanol–water partition coefficient (Wildman–Crippen LogP) is 2.82.